The first-order valence-electron chi connectivity index (χ1n) is 9.60. The molecule has 6 heteroatoms. The Bertz CT molecular complexity index is 845. The third-order valence-electron chi connectivity index (χ3n) is 4.93. The van der Waals surface area contributed by atoms with Gasteiger partial charge in [0.15, 0.2) is 0 Å². The van der Waals surface area contributed by atoms with Crippen LogP contribution in [-0.4, -0.2) is 24.9 Å². The van der Waals surface area contributed by atoms with Crippen LogP contribution in [0.2, 0.25) is 5.02 Å². The third kappa shape index (κ3) is 5.26. The number of nitrogens with one attached hydrogen (secondary N) is 2. The van der Waals surface area contributed by atoms with Gasteiger partial charge in [-0.2, -0.15) is 0 Å². The second-order valence-electron chi connectivity index (χ2n) is 7.27. The minimum absolute atomic E-state index is 0.147. The van der Waals surface area contributed by atoms with E-state index in [1.54, 1.807) is 6.07 Å². The molecule has 1 heterocycles. The molecular formula is C22H26ClN3O2. The van der Waals surface area contributed by atoms with E-state index in [0.29, 0.717) is 10.7 Å². The molecule has 5 nitrogen and oxygen atoms in total. The van der Waals surface area contributed by atoms with Gasteiger partial charge in [-0.25, -0.2) is 0 Å². The molecule has 1 aliphatic rings. The fraction of sp³-hybridized carbons (Fsp3) is 0.364. The molecule has 28 heavy (non-hydrogen) atoms. The van der Waals surface area contributed by atoms with Crippen molar-refractivity contribution in [1.82, 2.24) is 5.32 Å². The van der Waals surface area contributed by atoms with Crippen molar-refractivity contribution >= 4 is 34.8 Å². The standard InChI is InChI=1S/C22H26ClN3O2/c1-15-5-7-17(8-6-15)19(24-16(2)27)14-22(28)25-20-13-18(23)9-10-21(20)26-11-3-4-12-26/h5-10,13,19H,3-4,11-12,14H2,1-2H3,(H,24,27)(H,25,28). The molecule has 0 spiro atoms. The monoisotopic (exact) mass is 399 g/mol. The van der Waals surface area contributed by atoms with Crippen LogP contribution in [0.15, 0.2) is 42.5 Å². The van der Waals surface area contributed by atoms with Gasteiger partial charge >= 0.3 is 0 Å². The molecule has 1 saturated heterocycles. The number of hydrogen-bond acceptors (Lipinski definition) is 3. The van der Waals surface area contributed by atoms with Crippen molar-refractivity contribution in [2.75, 3.05) is 23.3 Å². The maximum Gasteiger partial charge on any atom is 0.226 e. The Labute approximate surface area is 171 Å². The van der Waals surface area contributed by atoms with E-state index in [9.17, 15) is 9.59 Å². The van der Waals surface area contributed by atoms with Crippen LogP contribution in [0, 0.1) is 6.92 Å². The van der Waals surface area contributed by atoms with Crippen molar-refractivity contribution in [2.24, 2.45) is 0 Å². The summed E-state index contributed by atoms with van der Waals surface area (Å²) in [5.74, 6) is -0.332. The van der Waals surface area contributed by atoms with Gasteiger partial charge in [-0.15, -0.1) is 0 Å². The molecule has 2 aromatic rings. The van der Waals surface area contributed by atoms with E-state index in [2.05, 4.69) is 15.5 Å². The zero-order valence-electron chi connectivity index (χ0n) is 16.3. The highest BCUT2D eigenvalue weighted by Crippen LogP contribution is 2.32. The average molecular weight is 400 g/mol. The van der Waals surface area contributed by atoms with Gasteiger partial charge in [0.05, 0.1) is 23.8 Å². The number of carbonyl (C=O) groups excluding carboxylic acids is 2. The Morgan fingerprint density at radius 1 is 1.11 bits per heavy atom. The summed E-state index contributed by atoms with van der Waals surface area (Å²) in [5.41, 5.74) is 3.73. The Kier molecular flexibility index (Phi) is 6.57. The summed E-state index contributed by atoms with van der Waals surface area (Å²) in [7, 11) is 0. The summed E-state index contributed by atoms with van der Waals surface area (Å²) >= 11 is 6.17. The lowest BCUT2D eigenvalue weighted by Gasteiger charge is -2.23. The summed E-state index contributed by atoms with van der Waals surface area (Å²) in [4.78, 5) is 26.7. The van der Waals surface area contributed by atoms with E-state index in [-0.39, 0.29) is 24.3 Å². The Morgan fingerprint density at radius 2 is 1.79 bits per heavy atom. The van der Waals surface area contributed by atoms with Crippen LogP contribution in [-0.2, 0) is 9.59 Å². The fourth-order valence-electron chi connectivity index (χ4n) is 3.53. The average Bonchev–Trinajstić information content (AvgIpc) is 3.16. The maximum absolute atomic E-state index is 12.8. The molecule has 148 valence electrons. The molecule has 1 aliphatic heterocycles. The lowest BCUT2D eigenvalue weighted by Crippen LogP contribution is -2.30. The second-order valence-corrected chi connectivity index (χ2v) is 7.71. The van der Waals surface area contributed by atoms with Crippen LogP contribution < -0.4 is 15.5 Å². The topological polar surface area (TPSA) is 61.4 Å². The lowest BCUT2D eigenvalue weighted by molar-refractivity contribution is -0.120. The molecule has 0 bridgehead atoms. The predicted octanol–water partition coefficient (Wildman–Crippen LogP) is 4.45. The third-order valence-corrected chi connectivity index (χ3v) is 5.16. The van der Waals surface area contributed by atoms with Gasteiger partial charge in [0, 0.05) is 25.0 Å². The fourth-order valence-corrected chi connectivity index (χ4v) is 3.70. The summed E-state index contributed by atoms with van der Waals surface area (Å²) in [6.07, 6.45) is 2.44. The minimum atomic E-state index is -0.382. The number of aryl methyl sites for hydroxylation is 1. The van der Waals surface area contributed by atoms with E-state index < -0.39 is 0 Å². The first-order chi connectivity index (χ1) is 13.4. The van der Waals surface area contributed by atoms with Crippen molar-refractivity contribution in [3.8, 4) is 0 Å². The summed E-state index contributed by atoms with van der Waals surface area (Å²) in [6.45, 7) is 5.41. The van der Waals surface area contributed by atoms with Gasteiger partial charge < -0.3 is 15.5 Å². The van der Waals surface area contributed by atoms with E-state index in [4.69, 9.17) is 11.6 Å². The minimum Gasteiger partial charge on any atom is -0.370 e. The molecule has 2 N–H and O–H groups in total. The van der Waals surface area contributed by atoms with Gasteiger partial charge in [0.2, 0.25) is 11.8 Å². The van der Waals surface area contributed by atoms with Crippen molar-refractivity contribution in [3.63, 3.8) is 0 Å². The zero-order valence-corrected chi connectivity index (χ0v) is 17.1. The van der Waals surface area contributed by atoms with Gasteiger partial charge in [-0.05, 0) is 43.5 Å². The first-order valence-corrected chi connectivity index (χ1v) is 9.98. The van der Waals surface area contributed by atoms with E-state index in [0.717, 1.165) is 42.7 Å². The molecule has 1 atom stereocenters. The molecule has 2 amide bonds. The molecule has 0 aliphatic carbocycles. The molecule has 1 unspecified atom stereocenters. The van der Waals surface area contributed by atoms with Crippen LogP contribution in [0.4, 0.5) is 11.4 Å². The van der Waals surface area contributed by atoms with Crippen LogP contribution in [0.5, 0.6) is 0 Å². The van der Waals surface area contributed by atoms with Crippen LogP contribution in [0.1, 0.15) is 43.4 Å². The SMILES string of the molecule is CC(=O)NC(CC(=O)Nc1cc(Cl)ccc1N1CCCC1)c1ccc(C)cc1. The number of carbonyl (C=O) groups is 2. The van der Waals surface area contributed by atoms with E-state index >= 15 is 0 Å². The predicted molar refractivity (Wildman–Crippen MR) is 114 cm³/mol. The highest BCUT2D eigenvalue weighted by Gasteiger charge is 2.20. The van der Waals surface area contributed by atoms with Crippen molar-refractivity contribution in [1.29, 1.82) is 0 Å². The van der Waals surface area contributed by atoms with Gasteiger partial charge in [0.1, 0.15) is 0 Å². The summed E-state index contributed by atoms with van der Waals surface area (Å²) < 4.78 is 0. The highest BCUT2D eigenvalue weighted by atomic mass is 35.5. The molecule has 0 radical (unpaired) electrons. The maximum atomic E-state index is 12.8. The lowest BCUT2D eigenvalue weighted by atomic mass is 10.0. The molecule has 3 rings (SSSR count). The second kappa shape index (κ2) is 9.11. The first kappa shape index (κ1) is 20.2. The summed E-state index contributed by atoms with van der Waals surface area (Å²) in [5, 5.41) is 6.45. The number of nitrogens with zero attached hydrogens (tertiary/aromatic N) is 1. The quantitative estimate of drug-likeness (QED) is 0.754. The molecular weight excluding hydrogens is 374 g/mol. The zero-order chi connectivity index (χ0) is 20.1. The van der Waals surface area contributed by atoms with E-state index in [1.807, 2.05) is 43.3 Å². The van der Waals surface area contributed by atoms with Crippen molar-refractivity contribution in [2.45, 2.75) is 39.2 Å². The highest BCUT2D eigenvalue weighted by molar-refractivity contribution is 6.31. The van der Waals surface area contributed by atoms with Gasteiger partial charge in [-0.1, -0.05) is 41.4 Å². The normalized spacial score (nSPS) is 14.6. The number of halogens is 1. The molecule has 1 fully saturated rings. The largest absolute Gasteiger partial charge is 0.370 e. The van der Waals surface area contributed by atoms with Crippen molar-refractivity contribution < 1.29 is 9.59 Å². The Balaban J connectivity index is 1.76. The number of benzene rings is 2. The van der Waals surface area contributed by atoms with Crippen LogP contribution in [0.3, 0.4) is 0 Å². The Hall–Kier alpha value is -2.53. The van der Waals surface area contributed by atoms with E-state index in [1.165, 1.54) is 6.92 Å². The number of amides is 2. The number of hydrogen-bond donors (Lipinski definition) is 2. The van der Waals surface area contributed by atoms with Gasteiger partial charge in [-0.3, -0.25) is 9.59 Å². The molecule has 2 aromatic carbocycles. The molecule has 0 aromatic heterocycles. The van der Waals surface area contributed by atoms with Crippen LogP contribution in [0.25, 0.3) is 0 Å². The Morgan fingerprint density at radius 3 is 2.43 bits per heavy atom. The van der Waals surface area contributed by atoms with Crippen LogP contribution >= 0.6 is 11.6 Å². The number of anilines is 2. The van der Waals surface area contributed by atoms with Gasteiger partial charge in [0.25, 0.3) is 0 Å². The molecule has 0 saturated carbocycles. The smallest absolute Gasteiger partial charge is 0.226 e. The summed E-state index contributed by atoms with van der Waals surface area (Å²) in [6, 6.07) is 13.0. The van der Waals surface area contributed by atoms with Crippen molar-refractivity contribution in [3.05, 3.63) is 58.6 Å². The number of rotatable bonds is 6.